The fourth-order valence-electron chi connectivity index (χ4n) is 2.86. The molecule has 96 valence electrons. The van der Waals surface area contributed by atoms with Crippen molar-refractivity contribution in [2.45, 2.75) is 57.7 Å². The molecule has 1 aliphatic carbocycles. The van der Waals surface area contributed by atoms with E-state index >= 15 is 0 Å². The number of hydrogen-bond acceptors (Lipinski definition) is 2. The minimum atomic E-state index is 0.416. The topological polar surface area (TPSA) is 17.8 Å². The van der Waals surface area contributed by atoms with Crippen molar-refractivity contribution >= 4 is 12.6 Å². The lowest BCUT2D eigenvalue weighted by atomic mass is 9.94. The van der Waals surface area contributed by atoms with Crippen molar-refractivity contribution in [1.29, 1.82) is 0 Å². The minimum absolute atomic E-state index is 0.416. The molecule has 1 fully saturated rings. The van der Waals surface area contributed by atoms with Gasteiger partial charge in [0.25, 0.3) is 0 Å². The fourth-order valence-corrected chi connectivity index (χ4v) is 3.07. The maximum absolute atomic E-state index is 4.53. The van der Waals surface area contributed by atoms with Crippen LogP contribution in [0.2, 0.25) is 0 Å². The van der Waals surface area contributed by atoms with Gasteiger partial charge in [-0.2, -0.15) is 17.7 Å². The van der Waals surface area contributed by atoms with Crippen molar-refractivity contribution in [3.8, 4) is 0 Å². The molecule has 0 bridgehead atoms. The summed E-state index contributed by atoms with van der Waals surface area (Å²) in [6, 6.07) is 0.631. The van der Waals surface area contributed by atoms with Gasteiger partial charge in [-0.15, -0.1) is 0 Å². The van der Waals surface area contributed by atoms with Crippen LogP contribution >= 0.6 is 12.6 Å². The Hall–Kier alpha value is -0.440. The number of thiol groups is 1. The predicted molar refractivity (Wildman–Crippen MR) is 75.6 cm³/mol. The highest BCUT2D eigenvalue weighted by atomic mass is 32.1. The SMILES string of the molecule is CC(S)Cc1cnn(C2CCC(C(C)C)C2)c1. The van der Waals surface area contributed by atoms with Crippen LogP contribution in [0.15, 0.2) is 12.4 Å². The molecule has 3 heteroatoms. The van der Waals surface area contributed by atoms with Gasteiger partial charge in [-0.25, -0.2) is 0 Å². The smallest absolute Gasteiger partial charge is 0.0522 e. The normalized spacial score (nSPS) is 26.6. The lowest BCUT2D eigenvalue weighted by Gasteiger charge is -2.14. The Kier molecular flexibility index (Phi) is 4.18. The van der Waals surface area contributed by atoms with Gasteiger partial charge in [0.05, 0.1) is 12.2 Å². The van der Waals surface area contributed by atoms with Crippen LogP contribution in [0.3, 0.4) is 0 Å². The van der Waals surface area contributed by atoms with Crippen LogP contribution in [0, 0.1) is 11.8 Å². The molecule has 0 N–H and O–H groups in total. The van der Waals surface area contributed by atoms with E-state index < -0.39 is 0 Å². The number of nitrogens with zero attached hydrogens (tertiary/aromatic N) is 2. The third-order valence-electron chi connectivity index (χ3n) is 3.95. The monoisotopic (exact) mass is 252 g/mol. The quantitative estimate of drug-likeness (QED) is 0.808. The lowest BCUT2D eigenvalue weighted by molar-refractivity contribution is 0.368. The van der Waals surface area contributed by atoms with E-state index in [1.807, 2.05) is 6.20 Å². The van der Waals surface area contributed by atoms with Gasteiger partial charge in [0, 0.05) is 11.4 Å². The number of aromatic nitrogens is 2. The first-order chi connectivity index (χ1) is 8.06. The Balaban J connectivity index is 1.97. The second-order valence-corrected chi connectivity index (χ2v) is 6.73. The molecule has 0 amide bonds. The van der Waals surface area contributed by atoms with E-state index in [1.54, 1.807) is 0 Å². The van der Waals surface area contributed by atoms with Crippen LogP contribution in [0.25, 0.3) is 0 Å². The third kappa shape index (κ3) is 3.27. The summed E-state index contributed by atoms with van der Waals surface area (Å²) in [5.74, 6) is 1.70. The molecule has 1 aromatic heterocycles. The van der Waals surface area contributed by atoms with Gasteiger partial charge in [-0.05, 0) is 43.1 Å². The standard InChI is InChI=1S/C14H24N2S/c1-10(2)13-4-5-14(7-13)16-9-12(8-15-16)6-11(3)17/h8-11,13-14,17H,4-7H2,1-3H3. The molecule has 1 aliphatic rings. The molecule has 1 aromatic rings. The number of hydrogen-bond donors (Lipinski definition) is 1. The second-order valence-electron chi connectivity index (χ2n) is 5.85. The van der Waals surface area contributed by atoms with E-state index in [0.717, 1.165) is 18.3 Å². The van der Waals surface area contributed by atoms with Crippen molar-refractivity contribution in [1.82, 2.24) is 9.78 Å². The second kappa shape index (κ2) is 5.47. The van der Waals surface area contributed by atoms with E-state index in [0.29, 0.717) is 11.3 Å². The summed E-state index contributed by atoms with van der Waals surface area (Å²) in [6.45, 7) is 6.80. The molecule has 2 nitrogen and oxygen atoms in total. The average molecular weight is 252 g/mol. The van der Waals surface area contributed by atoms with E-state index in [2.05, 4.69) is 49.4 Å². The van der Waals surface area contributed by atoms with E-state index in [1.165, 1.54) is 24.8 Å². The van der Waals surface area contributed by atoms with Gasteiger partial charge in [0.1, 0.15) is 0 Å². The van der Waals surface area contributed by atoms with Crippen molar-refractivity contribution in [3.63, 3.8) is 0 Å². The van der Waals surface area contributed by atoms with E-state index in [4.69, 9.17) is 0 Å². The first-order valence-electron chi connectivity index (χ1n) is 6.77. The minimum Gasteiger partial charge on any atom is -0.269 e. The van der Waals surface area contributed by atoms with Crippen molar-refractivity contribution in [3.05, 3.63) is 18.0 Å². The molecule has 0 aromatic carbocycles. The molecule has 1 saturated carbocycles. The molecular formula is C14H24N2S. The maximum Gasteiger partial charge on any atom is 0.0522 e. The molecule has 0 aliphatic heterocycles. The molecule has 0 radical (unpaired) electrons. The first-order valence-corrected chi connectivity index (χ1v) is 7.29. The van der Waals surface area contributed by atoms with Crippen LogP contribution in [-0.4, -0.2) is 15.0 Å². The molecule has 17 heavy (non-hydrogen) atoms. The van der Waals surface area contributed by atoms with Crippen LogP contribution in [0.4, 0.5) is 0 Å². The zero-order valence-electron chi connectivity index (χ0n) is 11.1. The van der Waals surface area contributed by atoms with Crippen LogP contribution in [0.5, 0.6) is 0 Å². The number of rotatable bonds is 4. The predicted octanol–water partition coefficient (Wildman–Crippen LogP) is 3.74. The van der Waals surface area contributed by atoms with Gasteiger partial charge in [-0.1, -0.05) is 20.8 Å². The summed E-state index contributed by atoms with van der Waals surface area (Å²) < 4.78 is 2.19. The molecule has 0 spiro atoms. The van der Waals surface area contributed by atoms with Crippen LogP contribution in [0.1, 0.15) is 51.6 Å². The average Bonchev–Trinajstić information content (AvgIpc) is 2.83. The van der Waals surface area contributed by atoms with E-state index in [9.17, 15) is 0 Å². The van der Waals surface area contributed by atoms with E-state index in [-0.39, 0.29) is 0 Å². The highest BCUT2D eigenvalue weighted by Gasteiger charge is 2.28. The molecule has 3 unspecified atom stereocenters. The van der Waals surface area contributed by atoms with Gasteiger partial charge in [-0.3, -0.25) is 4.68 Å². The van der Waals surface area contributed by atoms with Gasteiger partial charge < -0.3 is 0 Å². The summed E-state index contributed by atoms with van der Waals surface area (Å²) in [4.78, 5) is 0. The van der Waals surface area contributed by atoms with Gasteiger partial charge >= 0.3 is 0 Å². The van der Waals surface area contributed by atoms with Crippen molar-refractivity contribution < 1.29 is 0 Å². The molecule has 3 atom stereocenters. The Labute approximate surface area is 110 Å². The van der Waals surface area contributed by atoms with Crippen molar-refractivity contribution in [2.75, 3.05) is 0 Å². The Morgan fingerprint density at radius 1 is 1.41 bits per heavy atom. The first kappa shape index (κ1) is 13.0. The largest absolute Gasteiger partial charge is 0.269 e. The zero-order valence-corrected chi connectivity index (χ0v) is 12.0. The third-order valence-corrected chi connectivity index (χ3v) is 4.13. The maximum atomic E-state index is 4.53. The zero-order chi connectivity index (χ0) is 12.4. The summed E-state index contributed by atoms with van der Waals surface area (Å²) in [6.07, 6.45) is 9.20. The van der Waals surface area contributed by atoms with Gasteiger partial charge in [0.2, 0.25) is 0 Å². The highest BCUT2D eigenvalue weighted by molar-refractivity contribution is 7.80. The molecule has 2 rings (SSSR count). The van der Waals surface area contributed by atoms with Crippen molar-refractivity contribution in [2.24, 2.45) is 11.8 Å². The van der Waals surface area contributed by atoms with Gasteiger partial charge in [0.15, 0.2) is 0 Å². The molecule has 1 heterocycles. The summed E-state index contributed by atoms with van der Waals surface area (Å²) in [7, 11) is 0. The highest BCUT2D eigenvalue weighted by Crippen LogP contribution is 2.38. The summed E-state index contributed by atoms with van der Waals surface area (Å²) in [5, 5.41) is 4.94. The Morgan fingerprint density at radius 3 is 2.76 bits per heavy atom. The molecular weight excluding hydrogens is 228 g/mol. The Bertz CT molecular complexity index is 357. The summed E-state index contributed by atoms with van der Waals surface area (Å²) in [5.41, 5.74) is 1.32. The van der Waals surface area contributed by atoms with Crippen LogP contribution in [-0.2, 0) is 6.42 Å². The van der Waals surface area contributed by atoms with Crippen LogP contribution < -0.4 is 0 Å². The Morgan fingerprint density at radius 2 is 2.18 bits per heavy atom. The summed E-state index contributed by atoms with van der Waals surface area (Å²) >= 11 is 4.43. The lowest BCUT2D eigenvalue weighted by Crippen LogP contribution is -2.08. The fraction of sp³-hybridized carbons (Fsp3) is 0.786. The molecule has 0 saturated heterocycles.